The Hall–Kier alpha value is -2.86. The molecule has 2 aromatic rings. The minimum atomic E-state index is -0.0305. The van der Waals surface area contributed by atoms with Gasteiger partial charge < -0.3 is 20.0 Å². The zero-order valence-electron chi connectivity index (χ0n) is 17.6. The summed E-state index contributed by atoms with van der Waals surface area (Å²) in [6.07, 6.45) is 1.60. The summed E-state index contributed by atoms with van der Waals surface area (Å²) >= 11 is 0. The monoisotopic (exact) mass is 406 g/mol. The van der Waals surface area contributed by atoms with Crippen LogP contribution < -0.4 is 5.32 Å². The van der Waals surface area contributed by atoms with Crippen LogP contribution in [0.15, 0.2) is 54.6 Å². The topological polar surface area (TPSA) is 55.9 Å². The number of hydrogen-bond donors (Lipinski definition) is 1. The maximum Gasteiger partial charge on any atom is 0.318 e. The molecule has 1 atom stereocenters. The van der Waals surface area contributed by atoms with Gasteiger partial charge in [-0.3, -0.25) is 4.79 Å². The van der Waals surface area contributed by atoms with Crippen molar-refractivity contribution in [2.24, 2.45) is 0 Å². The number of piperazine rings is 1. The van der Waals surface area contributed by atoms with Gasteiger partial charge in [0.2, 0.25) is 5.91 Å². The second-order valence-corrected chi connectivity index (χ2v) is 8.28. The van der Waals surface area contributed by atoms with E-state index >= 15 is 0 Å². The number of likely N-dealkylation sites (tertiary alicyclic amines) is 1. The second-order valence-electron chi connectivity index (χ2n) is 8.28. The fourth-order valence-corrected chi connectivity index (χ4v) is 4.33. The normalized spacial score (nSPS) is 19.9. The number of benzene rings is 2. The number of carbonyl (C=O) groups is 2. The summed E-state index contributed by atoms with van der Waals surface area (Å²) in [4.78, 5) is 31.0. The number of hydrogen-bond acceptors (Lipinski definition) is 3. The molecule has 1 N–H and O–H groups in total. The predicted molar refractivity (Wildman–Crippen MR) is 117 cm³/mol. The first-order valence-corrected chi connectivity index (χ1v) is 10.7. The summed E-state index contributed by atoms with van der Waals surface area (Å²) < 4.78 is 0. The minimum absolute atomic E-state index is 0.0305. The molecule has 3 amide bonds. The molecule has 2 aliphatic rings. The number of nitrogens with one attached hydrogen (secondary N) is 1. The molecular formula is C24H30N4O2. The third-order valence-electron chi connectivity index (χ3n) is 6.01. The van der Waals surface area contributed by atoms with E-state index in [-0.39, 0.29) is 18.0 Å². The van der Waals surface area contributed by atoms with Gasteiger partial charge in [-0.25, -0.2) is 4.79 Å². The average molecular weight is 407 g/mol. The van der Waals surface area contributed by atoms with Crippen LogP contribution in [-0.2, 0) is 17.9 Å². The highest BCUT2D eigenvalue weighted by atomic mass is 16.2. The molecule has 0 aliphatic carbocycles. The van der Waals surface area contributed by atoms with Crippen molar-refractivity contribution < 1.29 is 9.59 Å². The Labute approximate surface area is 178 Å². The molecule has 6 nitrogen and oxygen atoms in total. The number of likely N-dealkylation sites (N-methyl/N-ethyl adjacent to an activating group) is 1. The highest BCUT2D eigenvalue weighted by Gasteiger charge is 2.30. The van der Waals surface area contributed by atoms with Crippen LogP contribution in [0.25, 0.3) is 0 Å². The van der Waals surface area contributed by atoms with Crippen LogP contribution in [0.2, 0.25) is 0 Å². The molecule has 2 aliphatic heterocycles. The standard InChI is InChI=1S/C24H30N4O2/c1-26-13-14-28(22(18-26)21-9-3-2-4-10-21)24(30)25-16-19-7-5-8-20(15-19)17-27-12-6-11-23(27)29/h2-5,7-10,15,22H,6,11-14,16-18H2,1H3,(H,25,30). The van der Waals surface area contributed by atoms with Gasteiger partial charge in [-0.15, -0.1) is 0 Å². The molecule has 2 heterocycles. The molecule has 0 spiro atoms. The lowest BCUT2D eigenvalue weighted by molar-refractivity contribution is -0.128. The van der Waals surface area contributed by atoms with E-state index in [1.54, 1.807) is 0 Å². The summed E-state index contributed by atoms with van der Waals surface area (Å²) in [7, 11) is 2.10. The second kappa shape index (κ2) is 9.30. The largest absolute Gasteiger partial charge is 0.338 e. The number of carbonyl (C=O) groups excluding carboxylic acids is 2. The van der Waals surface area contributed by atoms with Crippen molar-refractivity contribution in [2.45, 2.75) is 32.0 Å². The zero-order valence-corrected chi connectivity index (χ0v) is 17.6. The van der Waals surface area contributed by atoms with Crippen LogP contribution in [0, 0.1) is 0 Å². The van der Waals surface area contributed by atoms with E-state index in [1.807, 2.05) is 46.2 Å². The van der Waals surface area contributed by atoms with Gasteiger partial charge in [0.15, 0.2) is 0 Å². The molecule has 2 fully saturated rings. The summed E-state index contributed by atoms with van der Waals surface area (Å²) in [5.41, 5.74) is 3.33. The Bertz CT molecular complexity index is 886. The van der Waals surface area contributed by atoms with Crippen molar-refractivity contribution in [3.8, 4) is 0 Å². The van der Waals surface area contributed by atoms with Gasteiger partial charge >= 0.3 is 6.03 Å². The van der Waals surface area contributed by atoms with Crippen LogP contribution in [0.3, 0.4) is 0 Å². The number of rotatable bonds is 5. The number of nitrogens with zero attached hydrogens (tertiary/aromatic N) is 3. The van der Waals surface area contributed by atoms with E-state index < -0.39 is 0 Å². The Morgan fingerprint density at radius 2 is 1.83 bits per heavy atom. The number of amides is 3. The third kappa shape index (κ3) is 4.82. The predicted octanol–water partition coefficient (Wildman–Crippen LogP) is 3.01. The van der Waals surface area contributed by atoms with Crippen molar-refractivity contribution in [1.29, 1.82) is 0 Å². The molecule has 0 radical (unpaired) electrons. The highest BCUT2D eigenvalue weighted by Crippen LogP contribution is 2.25. The van der Waals surface area contributed by atoms with Crippen molar-refractivity contribution in [1.82, 2.24) is 20.0 Å². The molecule has 0 bridgehead atoms. The van der Waals surface area contributed by atoms with E-state index in [1.165, 1.54) is 0 Å². The van der Waals surface area contributed by atoms with Crippen LogP contribution in [-0.4, -0.2) is 59.9 Å². The van der Waals surface area contributed by atoms with Gasteiger partial charge in [-0.1, -0.05) is 54.6 Å². The maximum atomic E-state index is 13.0. The lowest BCUT2D eigenvalue weighted by Gasteiger charge is -2.40. The van der Waals surface area contributed by atoms with Crippen LogP contribution in [0.5, 0.6) is 0 Å². The summed E-state index contributed by atoms with van der Waals surface area (Å²) in [5.74, 6) is 0.232. The lowest BCUT2D eigenvalue weighted by atomic mass is 10.0. The van der Waals surface area contributed by atoms with Crippen LogP contribution in [0.4, 0.5) is 4.79 Å². The van der Waals surface area contributed by atoms with Gasteiger partial charge in [-0.2, -0.15) is 0 Å². The quantitative estimate of drug-likeness (QED) is 0.831. The Balaban J connectivity index is 1.38. The molecule has 30 heavy (non-hydrogen) atoms. The van der Waals surface area contributed by atoms with Gasteiger partial charge in [0.25, 0.3) is 0 Å². The van der Waals surface area contributed by atoms with E-state index in [0.717, 1.165) is 42.7 Å². The average Bonchev–Trinajstić information content (AvgIpc) is 3.17. The van der Waals surface area contributed by atoms with Crippen LogP contribution in [0.1, 0.15) is 35.6 Å². The van der Waals surface area contributed by atoms with Gasteiger partial charge in [0.1, 0.15) is 0 Å². The fraction of sp³-hybridized carbons (Fsp3) is 0.417. The molecule has 0 saturated carbocycles. The van der Waals surface area contributed by atoms with Crippen LogP contribution >= 0.6 is 0 Å². The molecule has 2 aromatic carbocycles. The minimum Gasteiger partial charge on any atom is -0.338 e. The first kappa shape index (κ1) is 20.4. The highest BCUT2D eigenvalue weighted by molar-refractivity contribution is 5.78. The van der Waals surface area contributed by atoms with Crippen molar-refractivity contribution in [3.05, 3.63) is 71.3 Å². The summed E-state index contributed by atoms with van der Waals surface area (Å²) in [5, 5.41) is 3.10. The van der Waals surface area contributed by atoms with Gasteiger partial charge in [0.05, 0.1) is 6.04 Å². The molecule has 0 aromatic heterocycles. The van der Waals surface area contributed by atoms with Gasteiger partial charge in [0, 0.05) is 45.7 Å². The zero-order chi connectivity index (χ0) is 20.9. The van der Waals surface area contributed by atoms with Crippen molar-refractivity contribution in [3.63, 3.8) is 0 Å². The summed E-state index contributed by atoms with van der Waals surface area (Å²) in [6, 6.07) is 18.4. The smallest absolute Gasteiger partial charge is 0.318 e. The van der Waals surface area contributed by atoms with Crippen molar-refractivity contribution in [2.75, 3.05) is 33.2 Å². The van der Waals surface area contributed by atoms with Gasteiger partial charge in [-0.05, 0) is 30.2 Å². The van der Waals surface area contributed by atoms with E-state index in [9.17, 15) is 9.59 Å². The molecular weight excluding hydrogens is 376 g/mol. The maximum absolute atomic E-state index is 13.0. The Morgan fingerprint density at radius 1 is 1.03 bits per heavy atom. The number of urea groups is 1. The first-order valence-electron chi connectivity index (χ1n) is 10.7. The molecule has 6 heteroatoms. The Kier molecular flexibility index (Phi) is 6.33. The molecule has 1 unspecified atom stereocenters. The fourth-order valence-electron chi connectivity index (χ4n) is 4.33. The molecule has 158 valence electrons. The van der Waals surface area contributed by atoms with E-state index in [4.69, 9.17) is 0 Å². The Morgan fingerprint density at radius 3 is 2.60 bits per heavy atom. The summed E-state index contributed by atoms with van der Waals surface area (Å²) in [6.45, 7) is 4.37. The van der Waals surface area contributed by atoms with Crippen molar-refractivity contribution >= 4 is 11.9 Å². The molecule has 2 saturated heterocycles. The first-order chi connectivity index (χ1) is 14.6. The molecule has 4 rings (SSSR count). The SMILES string of the molecule is CN1CCN(C(=O)NCc2cccc(CN3CCCC3=O)c2)C(c2ccccc2)C1. The van der Waals surface area contributed by atoms with E-state index in [0.29, 0.717) is 26.1 Å². The lowest BCUT2D eigenvalue weighted by Crippen LogP contribution is -2.52. The van der Waals surface area contributed by atoms with E-state index in [2.05, 4.69) is 35.5 Å². The third-order valence-corrected chi connectivity index (χ3v) is 6.01.